The van der Waals surface area contributed by atoms with Crippen molar-refractivity contribution in [2.75, 3.05) is 5.75 Å². The number of rotatable bonds is 8. The summed E-state index contributed by atoms with van der Waals surface area (Å²) in [5.41, 5.74) is 1.35. The molecule has 0 aliphatic rings. The third-order valence-electron chi connectivity index (χ3n) is 2.67. The van der Waals surface area contributed by atoms with Gasteiger partial charge in [-0.15, -0.1) is 23.5 Å². The Morgan fingerprint density at radius 3 is 2.44 bits per heavy atom. The lowest BCUT2D eigenvalue weighted by molar-refractivity contribution is 0.660. The second-order valence-electron chi connectivity index (χ2n) is 4.29. The molecule has 3 heteroatoms. The van der Waals surface area contributed by atoms with E-state index in [1.807, 2.05) is 11.8 Å². The SMILES string of the molecule is CCCCCCCSC(=S)SCc1ccccc1. The molecule has 0 N–H and O–H groups in total. The van der Waals surface area contributed by atoms with Crippen LogP contribution in [0.2, 0.25) is 0 Å². The van der Waals surface area contributed by atoms with E-state index >= 15 is 0 Å². The quantitative estimate of drug-likeness (QED) is 0.432. The van der Waals surface area contributed by atoms with Gasteiger partial charge in [0.15, 0.2) is 0 Å². The van der Waals surface area contributed by atoms with Crippen molar-refractivity contribution in [3.8, 4) is 0 Å². The summed E-state index contributed by atoms with van der Waals surface area (Å²) >= 11 is 9.02. The van der Waals surface area contributed by atoms with Crippen molar-refractivity contribution >= 4 is 39.3 Å². The molecule has 0 saturated heterocycles. The summed E-state index contributed by atoms with van der Waals surface area (Å²) in [6.07, 6.45) is 6.72. The first-order valence-corrected chi connectivity index (χ1v) is 9.04. The molecule has 0 unspecified atom stereocenters. The summed E-state index contributed by atoms with van der Waals surface area (Å²) in [5.74, 6) is 2.19. The molecule has 1 aromatic carbocycles. The molecule has 0 heterocycles. The molecule has 0 aliphatic carbocycles. The predicted molar refractivity (Wildman–Crippen MR) is 91.6 cm³/mol. The van der Waals surface area contributed by atoms with Gasteiger partial charge in [-0.3, -0.25) is 0 Å². The lowest BCUT2D eigenvalue weighted by Gasteiger charge is -2.04. The fourth-order valence-electron chi connectivity index (χ4n) is 1.62. The minimum atomic E-state index is 1.00. The van der Waals surface area contributed by atoms with Crippen molar-refractivity contribution < 1.29 is 0 Å². The Balaban J connectivity index is 2.01. The van der Waals surface area contributed by atoms with Gasteiger partial charge in [0.2, 0.25) is 0 Å². The molecule has 0 amide bonds. The van der Waals surface area contributed by atoms with Crippen LogP contribution in [0.3, 0.4) is 0 Å². The maximum Gasteiger partial charge on any atom is 0.104 e. The minimum absolute atomic E-state index is 1.00. The first-order chi connectivity index (χ1) is 8.83. The fourth-order valence-corrected chi connectivity index (χ4v) is 3.80. The topological polar surface area (TPSA) is 0 Å². The largest absolute Gasteiger partial charge is 0.108 e. The Morgan fingerprint density at radius 2 is 1.72 bits per heavy atom. The lowest BCUT2D eigenvalue weighted by Crippen LogP contribution is -1.88. The maximum atomic E-state index is 5.38. The van der Waals surface area contributed by atoms with E-state index in [9.17, 15) is 0 Å². The van der Waals surface area contributed by atoms with Gasteiger partial charge in [0.1, 0.15) is 3.53 Å². The summed E-state index contributed by atoms with van der Waals surface area (Å²) in [6, 6.07) is 10.5. The molecule has 0 bridgehead atoms. The van der Waals surface area contributed by atoms with E-state index in [2.05, 4.69) is 37.3 Å². The van der Waals surface area contributed by atoms with Crippen LogP contribution in [0.4, 0.5) is 0 Å². The second kappa shape index (κ2) is 10.9. The molecule has 0 spiro atoms. The number of hydrogen-bond acceptors (Lipinski definition) is 3. The molecule has 0 radical (unpaired) electrons. The Hall–Kier alpha value is 0.01000. The zero-order valence-corrected chi connectivity index (χ0v) is 13.5. The molecule has 1 aromatic rings. The summed E-state index contributed by atoms with van der Waals surface area (Å²) in [5, 5.41) is 0. The van der Waals surface area contributed by atoms with Crippen molar-refractivity contribution in [1.29, 1.82) is 0 Å². The van der Waals surface area contributed by atoms with Crippen LogP contribution in [0.1, 0.15) is 44.6 Å². The van der Waals surface area contributed by atoms with Gasteiger partial charge in [0.05, 0.1) is 0 Å². The van der Waals surface area contributed by atoms with E-state index in [1.54, 1.807) is 11.8 Å². The van der Waals surface area contributed by atoms with Crippen LogP contribution < -0.4 is 0 Å². The monoisotopic (exact) mass is 298 g/mol. The number of unbranched alkanes of at least 4 members (excludes halogenated alkanes) is 4. The van der Waals surface area contributed by atoms with Crippen molar-refractivity contribution in [2.45, 2.75) is 44.8 Å². The van der Waals surface area contributed by atoms with Gasteiger partial charge >= 0.3 is 0 Å². The highest BCUT2D eigenvalue weighted by molar-refractivity contribution is 8.46. The van der Waals surface area contributed by atoms with Crippen molar-refractivity contribution in [1.82, 2.24) is 0 Å². The third kappa shape index (κ3) is 8.17. The highest BCUT2D eigenvalue weighted by Gasteiger charge is 2.00. The van der Waals surface area contributed by atoms with E-state index in [1.165, 1.54) is 43.4 Å². The smallest absolute Gasteiger partial charge is 0.104 e. The molecule has 0 saturated carbocycles. The van der Waals surface area contributed by atoms with Crippen LogP contribution >= 0.6 is 35.7 Å². The normalized spacial score (nSPS) is 10.5. The average Bonchev–Trinajstić information content (AvgIpc) is 2.41. The summed E-state index contributed by atoms with van der Waals surface area (Å²) in [4.78, 5) is 0. The molecule has 0 atom stereocenters. The molecule has 0 aliphatic heterocycles. The van der Waals surface area contributed by atoms with Crippen LogP contribution in [-0.2, 0) is 5.75 Å². The van der Waals surface area contributed by atoms with Crippen LogP contribution in [0.5, 0.6) is 0 Å². The highest BCUT2D eigenvalue weighted by atomic mass is 32.2. The van der Waals surface area contributed by atoms with Crippen molar-refractivity contribution in [3.63, 3.8) is 0 Å². The van der Waals surface area contributed by atoms with E-state index in [0.717, 1.165) is 9.28 Å². The van der Waals surface area contributed by atoms with Gasteiger partial charge in [-0.05, 0) is 17.7 Å². The predicted octanol–water partition coefficient (Wildman–Crippen LogP) is 5.91. The number of benzene rings is 1. The zero-order chi connectivity index (χ0) is 13.1. The summed E-state index contributed by atoms with van der Waals surface area (Å²) in [7, 11) is 0. The molecular formula is C15H22S3. The summed E-state index contributed by atoms with van der Waals surface area (Å²) in [6.45, 7) is 2.25. The Kier molecular flexibility index (Phi) is 9.72. The van der Waals surface area contributed by atoms with E-state index < -0.39 is 0 Å². The Bertz CT molecular complexity index is 322. The molecule has 1 rings (SSSR count). The van der Waals surface area contributed by atoms with E-state index in [0.29, 0.717) is 0 Å². The van der Waals surface area contributed by atoms with Gasteiger partial charge < -0.3 is 0 Å². The molecule has 100 valence electrons. The standard InChI is InChI=1S/C15H22S3/c1-2-3-4-5-9-12-17-15(16)18-13-14-10-7-6-8-11-14/h6-8,10-11H,2-5,9,12-13H2,1H3. The number of thioether (sulfide) groups is 2. The van der Waals surface area contributed by atoms with Crippen molar-refractivity contribution in [2.24, 2.45) is 0 Å². The lowest BCUT2D eigenvalue weighted by atomic mass is 10.2. The molecule has 0 nitrogen and oxygen atoms in total. The molecule has 0 fully saturated rings. The van der Waals surface area contributed by atoms with Crippen LogP contribution in [0, 0.1) is 0 Å². The minimum Gasteiger partial charge on any atom is -0.108 e. The first-order valence-electron chi connectivity index (χ1n) is 6.66. The fraction of sp³-hybridized carbons (Fsp3) is 0.533. The van der Waals surface area contributed by atoms with Crippen LogP contribution in [0.15, 0.2) is 30.3 Å². The first kappa shape index (κ1) is 16.1. The highest BCUT2D eigenvalue weighted by Crippen LogP contribution is 2.22. The zero-order valence-electron chi connectivity index (χ0n) is 11.1. The van der Waals surface area contributed by atoms with Gasteiger partial charge in [-0.25, -0.2) is 0 Å². The maximum absolute atomic E-state index is 5.38. The van der Waals surface area contributed by atoms with Crippen LogP contribution in [0.25, 0.3) is 0 Å². The summed E-state index contributed by atoms with van der Waals surface area (Å²) < 4.78 is 1.09. The second-order valence-corrected chi connectivity index (χ2v) is 7.56. The Morgan fingerprint density at radius 1 is 1.00 bits per heavy atom. The van der Waals surface area contributed by atoms with Gasteiger partial charge in [0.25, 0.3) is 0 Å². The number of hydrogen-bond donors (Lipinski definition) is 0. The van der Waals surface area contributed by atoms with E-state index in [4.69, 9.17) is 12.2 Å². The Labute approximate surface area is 125 Å². The average molecular weight is 299 g/mol. The molecule has 0 aromatic heterocycles. The molecule has 18 heavy (non-hydrogen) atoms. The van der Waals surface area contributed by atoms with Crippen LogP contribution in [-0.4, -0.2) is 9.28 Å². The number of thiocarbonyl (C=S) groups is 1. The molecular weight excluding hydrogens is 276 g/mol. The van der Waals surface area contributed by atoms with Crippen molar-refractivity contribution in [3.05, 3.63) is 35.9 Å². The van der Waals surface area contributed by atoms with Gasteiger partial charge in [-0.2, -0.15) is 0 Å². The third-order valence-corrected chi connectivity index (χ3v) is 5.52. The van der Waals surface area contributed by atoms with Gasteiger partial charge in [-0.1, -0.05) is 75.2 Å². The van der Waals surface area contributed by atoms with E-state index in [-0.39, 0.29) is 0 Å². The van der Waals surface area contributed by atoms with Gasteiger partial charge in [0, 0.05) is 5.75 Å².